The Morgan fingerprint density at radius 2 is 2.10 bits per heavy atom. The highest BCUT2D eigenvalue weighted by Gasteiger charge is 2.11. The summed E-state index contributed by atoms with van der Waals surface area (Å²) >= 11 is 0. The maximum absolute atomic E-state index is 13.1. The molecule has 0 aliphatic heterocycles. The number of nitrogens with zero attached hydrogens (tertiary/aromatic N) is 3. The van der Waals surface area contributed by atoms with Crippen molar-refractivity contribution in [3.05, 3.63) is 59.8 Å². The van der Waals surface area contributed by atoms with Crippen LogP contribution >= 0.6 is 0 Å². The number of hydrogen-bond acceptors (Lipinski definition) is 4. The van der Waals surface area contributed by atoms with Crippen molar-refractivity contribution in [1.82, 2.24) is 15.0 Å². The molecule has 0 unspecified atom stereocenters. The van der Waals surface area contributed by atoms with Crippen molar-refractivity contribution in [2.45, 2.75) is 13.1 Å². The molecule has 0 saturated carbocycles. The Balaban J connectivity index is 1.76. The molecule has 3 aromatic rings. The predicted octanol–water partition coefficient (Wildman–Crippen LogP) is 2.99. The number of hydrogen-bond donors (Lipinski definition) is 0. The molecule has 1 aromatic carbocycles. The van der Waals surface area contributed by atoms with Crippen LogP contribution < -0.4 is 0 Å². The van der Waals surface area contributed by atoms with Gasteiger partial charge < -0.3 is 4.52 Å². The SMILES string of the molecule is CN(Cc1ccccn1)Cc1noc2cc(F)ccc12. The normalized spacial score (nSPS) is 11.3. The van der Waals surface area contributed by atoms with Crippen LogP contribution in [-0.4, -0.2) is 22.1 Å². The fraction of sp³-hybridized carbons (Fsp3) is 0.200. The summed E-state index contributed by atoms with van der Waals surface area (Å²) in [7, 11) is 1.98. The van der Waals surface area contributed by atoms with Gasteiger partial charge in [0.1, 0.15) is 11.5 Å². The lowest BCUT2D eigenvalue weighted by molar-refractivity contribution is 0.303. The van der Waals surface area contributed by atoms with Gasteiger partial charge in [-0.2, -0.15) is 0 Å². The molecule has 0 N–H and O–H groups in total. The Morgan fingerprint density at radius 3 is 2.90 bits per heavy atom. The molecule has 0 spiro atoms. The summed E-state index contributed by atoms with van der Waals surface area (Å²) in [5.74, 6) is -0.318. The van der Waals surface area contributed by atoms with Crippen LogP contribution in [0.15, 0.2) is 47.1 Å². The molecule has 0 bridgehead atoms. The molecule has 0 aliphatic rings. The summed E-state index contributed by atoms with van der Waals surface area (Å²) in [4.78, 5) is 6.37. The maximum Gasteiger partial charge on any atom is 0.170 e. The summed E-state index contributed by atoms with van der Waals surface area (Å²) < 4.78 is 18.2. The lowest BCUT2D eigenvalue weighted by atomic mass is 10.2. The molecule has 102 valence electrons. The number of pyridine rings is 1. The van der Waals surface area contributed by atoms with Crippen molar-refractivity contribution in [3.8, 4) is 0 Å². The van der Waals surface area contributed by atoms with Crippen molar-refractivity contribution in [1.29, 1.82) is 0 Å². The summed E-state index contributed by atoms with van der Waals surface area (Å²) in [5.41, 5.74) is 2.28. The van der Waals surface area contributed by atoms with E-state index in [9.17, 15) is 4.39 Å². The van der Waals surface area contributed by atoms with Crippen molar-refractivity contribution < 1.29 is 8.91 Å². The first-order valence-corrected chi connectivity index (χ1v) is 6.34. The molecule has 4 nitrogen and oxygen atoms in total. The molecule has 0 saturated heterocycles. The van der Waals surface area contributed by atoms with Gasteiger partial charge >= 0.3 is 0 Å². The minimum Gasteiger partial charge on any atom is -0.356 e. The molecule has 2 aromatic heterocycles. The Labute approximate surface area is 115 Å². The van der Waals surface area contributed by atoms with E-state index in [2.05, 4.69) is 15.0 Å². The topological polar surface area (TPSA) is 42.2 Å². The summed E-state index contributed by atoms with van der Waals surface area (Å²) in [6.45, 7) is 1.34. The Bertz CT molecular complexity index is 711. The van der Waals surface area contributed by atoms with Gasteiger partial charge in [-0.25, -0.2) is 4.39 Å². The quantitative estimate of drug-likeness (QED) is 0.731. The Morgan fingerprint density at radius 1 is 1.20 bits per heavy atom. The monoisotopic (exact) mass is 271 g/mol. The average molecular weight is 271 g/mol. The van der Waals surface area contributed by atoms with Gasteiger partial charge in [-0.15, -0.1) is 0 Å². The minimum atomic E-state index is -0.318. The van der Waals surface area contributed by atoms with Gasteiger partial charge in [0, 0.05) is 30.7 Å². The number of fused-ring (bicyclic) bond motifs is 1. The van der Waals surface area contributed by atoms with E-state index in [-0.39, 0.29) is 5.82 Å². The minimum absolute atomic E-state index is 0.318. The second-order valence-electron chi connectivity index (χ2n) is 4.76. The van der Waals surface area contributed by atoms with E-state index >= 15 is 0 Å². The number of halogens is 1. The summed E-state index contributed by atoms with van der Waals surface area (Å²) in [5, 5.41) is 4.86. The van der Waals surface area contributed by atoms with E-state index in [0.29, 0.717) is 12.1 Å². The van der Waals surface area contributed by atoms with Crippen molar-refractivity contribution in [2.75, 3.05) is 7.05 Å². The molecule has 0 atom stereocenters. The predicted molar refractivity (Wildman–Crippen MR) is 73.4 cm³/mol. The van der Waals surface area contributed by atoms with Crippen molar-refractivity contribution in [3.63, 3.8) is 0 Å². The number of rotatable bonds is 4. The Hall–Kier alpha value is -2.27. The molecular formula is C15H14FN3O. The molecular weight excluding hydrogens is 257 g/mol. The molecule has 0 aliphatic carbocycles. The fourth-order valence-electron chi connectivity index (χ4n) is 2.16. The third-order valence-electron chi connectivity index (χ3n) is 3.09. The second kappa shape index (κ2) is 5.38. The zero-order valence-electron chi connectivity index (χ0n) is 11.1. The molecule has 0 fully saturated rings. The van der Waals surface area contributed by atoms with Crippen LogP contribution in [0, 0.1) is 5.82 Å². The molecule has 5 heteroatoms. The van der Waals surface area contributed by atoms with E-state index in [1.165, 1.54) is 12.1 Å². The Kier molecular flexibility index (Phi) is 3.43. The maximum atomic E-state index is 13.1. The van der Waals surface area contributed by atoms with Crippen LogP contribution in [0.4, 0.5) is 4.39 Å². The van der Waals surface area contributed by atoms with Gasteiger partial charge in [0.15, 0.2) is 5.58 Å². The smallest absolute Gasteiger partial charge is 0.170 e. The lowest BCUT2D eigenvalue weighted by Gasteiger charge is -2.14. The third-order valence-corrected chi connectivity index (χ3v) is 3.09. The second-order valence-corrected chi connectivity index (χ2v) is 4.76. The van der Waals surface area contributed by atoms with Crippen LogP contribution in [0.3, 0.4) is 0 Å². The fourth-order valence-corrected chi connectivity index (χ4v) is 2.16. The largest absolute Gasteiger partial charge is 0.356 e. The van der Waals surface area contributed by atoms with Gasteiger partial charge in [-0.05, 0) is 31.3 Å². The first-order valence-electron chi connectivity index (χ1n) is 6.34. The average Bonchev–Trinajstić information content (AvgIpc) is 2.82. The van der Waals surface area contributed by atoms with Gasteiger partial charge in [0.05, 0.1) is 5.69 Å². The van der Waals surface area contributed by atoms with Crippen LogP contribution in [0.1, 0.15) is 11.4 Å². The van der Waals surface area contributed by atoms with Crippen LogP contribution in [-0.2, 0) is 13.1 Å². The molecule has 2 heterocycles. The van der Waals surface area contributed by atoms with Crippen molar-refractivity contribution in [2.24, 2.45) is 0 Å². The van der Waals surface area contributed by atoms with Crippen LogP contribution in [0.25, 0.3) is 11.0 Å². The third kappa shape index (κ3) is 2.67. The molecule has 20 heavy (non-hydrogen) atoms. The van der Waals surface area contributed by atoms with Gasteiger partial charge in [0.2, 0.25) is 0 Å². The van der Waals surface area contributed by atoms with E-state index in [0.717, 1.165) is 23.3 Å². The number of aromatic nitrogens is 2. The van der Waals surface area contributed by atoms with E-state index in [1.807, 2.05) is 25.2 Å². The highest BCUT2D eigenvalue weighted by Crippen LogP contribution is 2.20. The standard InChI is InChI=1S/C15H14FN3O/c1-19(9-12-4-2-3-7-17-12)10-14-13-6-5-11(16)8-15(13)20-18-14/h2-8H,9-10H2,1H3. The first kappa shape index (κ1) is 12.7. The summed E-state index contributed by atoms with van der Waals surface area (Å²) in [6, 6.07) is 10.3. The summed E-state index contributed by atoms with van der Waals surface area (Å²) in [6.07, 6.45) is 1.78. The zero-order chi connectivity index (χ0) is 13.9. The molecule has 3 rings (SSSR count). The van der Waals surface area contributed by atoms with Crippen LogP contribution in [0.5, 0.6) is 0 Å². The molecule has 0 radical (unpaired) electrons. The first-order chi connectivity index (χ1) is 9.72. The van der Waals surface area contributed by atoms with E-state index < -0.39 is 0 Å². The highest BCUT2D eigenvalue weighted by atomic mass is 19.1. The lowest BCUT2D eigenvalue weighted by Crippen LogP contribution is -2.18. The number of benzene rings is 1. The van der Waals surface area contributed by atoms with Gasteiger partial charge in [0.25, 0.3) is 0 Å². The van der Waals surface area contributed by atoms with E-state index in [1.54, 1.807) is 12.3 Å². The van der Waals surface area contributed by atoms with Gasteiger partial charge in [-0.3, -0.25) is 9.88 Å². The van der Waals surface area contributed by atoms with E-state index in [4.69, 9.17) is 4.52 Å². The van der Waals surface area contributed by atoms with Gasteiger partial charge in [-0.1, -0.05) is 11.2 Å². The highest BCUT2D eigenvalue weighted by molar-refractivity contribution is 5.79. The zero-order valence-corrected chi connectivity index (χ0v) is 11.1. The van der Waals surface area contributed by atoms with Crippen LogP contribution in [0.2, 0.25) is 0 Å². The molecule has 0 amide bonds. The van der Waals surface area contributed by atoms with Crippen molar-refractivity contribution >= 4 is 11.0 Å².